The minimum Gasteiger partial charge on any atom is -0.332 e. The van der Waals surface area contributed by atoms with Gasteiger partial charge < -0.3 is 4.90 Å². The molecule has 2 atom stereocenters. The number of amides is 1. The molecular weight excluding hydrogens is 314 g/mol. The molecule has 2 saturated heterocycles. The first-order valence-electron chi connectivity index (χ1n) is 8.03. The van der Waals surface area contributed by atoms with Gasteiger partial charge in [-0.3, -0.25) is 14.7 Å². The normalized spacial score (nSPS) is 27.2. The smallest absolute Gasteiger partial charge is 0.254 e. The Hall–Kier alpha value is -1.47. The van der Waals surface area contributed by atoms with Gasteiger partial charge in [0.05, 0.1) is 17.5 Å². The standard InChI is InChI=1S/C16H23N3O3S/c1-12(2)9-18-7-8-19(15-11-23(21,22)10-14(15)18)16(20)13-3-5-17-6-4-13/h3-6,12,14-15H,7-11H2,1-2H3/t14-,15+/m1/s1. The van der Waals surface area contributed by atoms with Gasteiger partial charge in [-0.2, -0.15) is 0 Å². The molecule has 2 fully saturated rings. The maximum Gasteiger partial charge on any atom is 0.254 e. The molecule has 3 heterocycles. The number of aromatic nitrogens is 1. The highest BCUT2D eigenvalue weighted by Gasteiger charge is 2.48. The molecule has 3 rings (SSSR count). The third kappa shape index (κ3) is 3.40. The van der Waals surface area contributed by atoms with E-state index in [1.54, 1.807) is 29.4 Å². The molecule has 0 unspecified atom stereocenters. The van der Waals surface area contributed by atoms with Crippen LogP contribution in [0.5, 0.6) is 0 Å². The summed E-state index contributed by atoms with van der Waals surface area (Å²) in [6.07, 6.45) is 3.18. The largest absolute Gasteiger partial charge is 0.332 e. The lowest BCUT2D eigenvalue weighted by molar-refractivity contribution is 0.0297. The number of sulfone groups is 1. The molecule has 0 bridgehead atoms. The van der Waals surface area contributed by atoms with Crippen LogP contribution in [0.4, 0.5) is 0 Å². The van der Waals surface area contributed by atoms with Crippen LogP contribution in [-0.4, -0.2) is 72.3 Å². The van der Waals surface area contributed by atoms with E-state index in [-0.39, 0.29) is 29.5 Å². The third-order valence-electron chi connectivity index (χ3n) is 4.58. The van der Waals surface area contributed by atoms with Crippen molar-refractivity contribution in [2.75, 3.05) is 31.1 Å². The van der Waals surface area contributed by atoms with Gasteiger partial charge in [0.25, 0.3) is 5.91 Å². The SMILES string of the molecule is CC(C)CN1CCN(C(=O)c2ccncc2)[C@H]2CS(=O)(=O)C[C@H]21. The zero-order valence-electron chi connectivity index (χ0n) is 13.6. The number of rotatable bonds is 3. The number of carbonyl (C=O) groups is 1. The van der Waals surface area contributed by atoms with E-state index in [1.165, 1.54) is 0 Å². The maximum atomic E-state index is 12.8. The first-order valence-corrected chi connectivity index (χ1v) is 9.85. The van der Waals surface area contributed by atoms with Crippen molar-refractivity contribution in [3.63, 3.8) is 0 Å². The zero-order chi connectivity index (χ0) is 16.6. The van der Waals surface area contributed by atoms with Gasteiger partial charge in [0, 0.05) is 43.6 Å². The summed E-state index contributed by atoms with van der Waals surface area (Å²) in [7, 11) is -3.09. The Morgan fingerprint density at radius 2 is 1.87 bits per heavy atom. The van der Waals surface area contributed by atoms with Gasteiger partial charge in [-0.05, 0) is 18.1 Å². The van der Waals surface area contributed by atoms with Crippen LogP contribution in [0.1, 0.15) is 24.2 Å². The van der Waals surface area contributed by atoms with Gasteiger partial charge >= 0.3 is 0 Å². The van der Waals surface area contributed by atoms with Crippen molar-refractivity contribution < 1.29 is 13.2 Å². The van der Waals surface area contributed by atoms with Gasteiger partial charge in [-0.1, -0.05) is 13.8 Å². The summed E-state index contributed by atoms with van der Waals surface area (Å²) in [6, 6.07) is 3.04. The predicted octanol–water partition coefficient (Wildman–Crippen LogP) is 0.661. The van der Waals surface area contributed by atoms with E-state index >= 15 is 0 Å². The Labute approximate surface area is 137 Å². The summed E-state index contributed by atoms with van der Waals surface area (Å²) in [6.45, 7) is 6.43. The topological polar surface area (TPSA) is 70.6 Å². The molecule has 23 heavy (non-hydrogen) atoms. The van der Waals surface area contributed by atoms with E-state index in [0.717, 1.165) is 13.1 Å². The fourth-order valence-corrected chi connectivity index (χ4v) is 5.64. The Balaban J connectivity index is 1.85. The number of nitrogens with zero attached hydrogens (tertiary/aromatic N) is 3. The molecule has 126 valence electrons. The highest BCUT2D eigenvalue weighted by atomic mass is 32.2. The average molecular weight is 337 g/mol. The minimum absolute atomic E-state index is 0.0725. The number of hydrogen-bond acceptors (Lipinski definition) is 5. The van der Waals surface area contributed by atoms with Gasteiger partial charge in [0.15, 0.2) is 9.84 Å². The Morgan fingerprint density at radius 3 is 2.52 bits per heavy atom. The molecule has 0 aliphatic carbocycles. The molecule has 0 aromatic carbocycles. The Bertz CT molecular complexity index is 675. The molecule has 1 aromatic rings. The molecule has 0 saturated carbocycles. The third-order valence-corrected chi connectivity index (χ3v) is 6.28. The van der Waals surface area contributed by atoms with E-state index in [1.807, 2.05) is 0 Å². The van der Waals surface area contributed by atoms with Crippen molar-refractivity contribution in [3.05, 3.63) is 30.1 Å². The van der Waals surface area contributed by atoms with Gasteiger partial charge in [0.2, 0.25) is 0 Å². The Morgan fingerprint density at radius 1 is 1.22 bits per heavy atom. The second-order valence-electron chi connectivity index (χ2n) is 6.83. The molecule has 0 N–H and O–H groups in total. The second-order valence-corrected chi connectivity index (χ2v) is 8.99. The van der Waals surface area contributed by atoms with Crippen molar-refractivity contribution in [1.82, 2.24) is 14.8 Å². The lowest BCUT2D eigenvalue weighted by atomic mass is 10.0. The van der Waals surface area contributed by atoms with Gasteiger partial charge in [0.1, 0.15) is 0 Å². The monoisotopic (exact) mass is 337 g/mol. The zero-order valence-corrected chi connectivity index (χ0v) is 14.4. The van der Waals surface area contributed by atoms with E-state index in [4.69, 9.17) is 0 Å². The fourth-order valence-electron chi connectivity index (χ4n) is 3.63. The van der Waals surface area contributed by atoms with Crippen LogP contribution in [-0.2, 0) is 9.84 Å². The van der Waals surface area contributed by atoms with Crippen LogP contribution in [0.25, 0.3) is 0 Å². The van der Waals surface area contributed by atoms with Gasteiger partial charge in [-0.15, -0.1) is 0 Å². The highest BCUT2D eigenvalue weighted by molar-refractivity contribution is 7.91. The van der Waals surface area contributed by atoms with Crippen molar-refractivity contribution in [3.8, 4) is 0 Å². The molecule has 2 aliphatic rings. The highest BCUT2D eigenvalue weighted by Crippen LogP contribution is 2.28. The summed E-state index contributed by atoms with van der Waals surface area (Å²) in [5.41, 5.74) is 0.570. The average Bonchev–Trinajstić information content (AvgIpc) is 2.83. The van der Waals surface area contributed by atoms with Gasteiger partial charge in [-0.25, -0.2) is 8.42 Å². The van der Waals surface area contributed by atoms with E-state index in [9.17, 15) is 13.2 Å². The fraction of sp³-hybridized carbons (Fsp3) is 0.625. The van der Waals surface area contributed by atoms with E-state index in [2.05, 4.69) is 23.7 Å². The van der Waals surface area contributed by atoms with Crippen molar-refractivity contribution >= 4 is 15.7 Å². The number of fused-ring (bicyclic) bond motifs is 1. The molecule has 1 amide bonds. The maximum absolute atomic E-state index is 12.8. The molecule has 7 heteroatoms. The molecule has 0 radical (unpaired) electrons. The second kappa shape index (κ2) is 6.20. The van der Waals surface area contributed by atoms with Crippen molar-refractivity contribution in [2.24, 2.45) is 5.92 Å². The van der Waals surface area contributed by atoms with E-state index in [0.29, 0.717) is 18.0 Å². The molecule has 6 nitrogen and oxygen atoms in total. The first-order chi connectivity index (χ1) is 10.9. The molecule has 1 aromatic heterocycles. The predicted molar refractivity (Wildman–Crippen MR) is 87.9 cm³/mol. The summed E-state index contributed by atoms with van der Waals surface area (Å²) < 4.78 is 24.3. The van der Waals surface area contributed by atoms with Crippen LogP contribution < -0.4 is 0 Å². The summed E-state index contributed by atoms with van der Waals surface area (Å²) in [4.78, 5) is 20.7. The van der Waals surface area contributed by atoms with Crippen LogP contribution in [0.15, 0.2) is 24.5 Å². The molecule has 0 spiro atoms. The number of piperazine rings is 1. The molecule has 2 aliphatic heterocycles. The first kappa shape index (κ1) is 16.4. The van der Waals surface area contributed by atoms with Crippen molar-refractivity contribution in [1.29, 1.82) is 0 Å². The van der Waals surface area contributed by atoms with Crippen LogP contribution >= 0.6 is 0 Å². The quantitative estimate of drug-likeness (QED) is 0.810. The number of carbonyl (C=O) groups excluding carboxylic acids is 1. The minimum atomic E-state index is -3.09. The number of pyridine rings is 1. The number of hydrogen-bond donors (Lipinski definition) is 0. The van der Waals surface area contributed by atoms with E-state index < -0.39 is 9.84 Å². The lowest BCUT2D eigenvalue weighted by Gasteiger charge is -2.44. The summed E-state index contributed by atoms with van der Waals surface area (Å²) in [5.74, 6) is 0.609. The summed E-state index contributed by atoms with van der Waals surface area (Å²) >= 11 is 0. The van der Waals surface area contributed by atoms with Crippen LogP contribution in [0.3, 0.4) is 0 Å². The Kier molecular flexibility index (Phi) is 4.42. The summed E-state index contributed by atoms with van der Waals surface area (Å²) in [5, 5.41) is 0. The molecular formula is C16H23N3O3S. The van der Waals surface area contributed by atoms with Crippen LogP contribution in [0.2, 0.25) is 0 Å². The van der Waals surface area contributed by atoms with Crippen LogP contribution in [0, 0.1) is 5.92 Å². The van der Waals surface area contributed by atoms with Crippen molar-refractivity contribution in [2.45, 2.75) is 25.9 Å². The lowest BCUT2D eigenvalue weighted by Crippen LogP contribution is -2.61.